The molecule has 0 aliphatic carbocycles. The van der Waals surface area contributed by atoms with Crippen LogP contribution < -0.4 is 0 Å². The van der Waals surface area contributed by atoms with Crippen molar-refractivity contribution in [3.8, 4) is 22.7 Å². The van der Waals surface area contributed by atoms with Crippen LogP contribution in [-0.4, -0.2) is 16.1 Å². The van der Waals surface area contributed by atoms with Gasteiger partial charge in [0, 0.05) is 17.1 Å². The SMILES string of the molecule is O=C(O)c1ccc(-c2ccc(-c3cc4cc(F)cc(F)c4o3)[nH]2)cc1. The molecule has 0 radical (unpaired) electrons. The zero-order chi connectivity index (χ0) is 17.6. The first-order valence-corrected chi connectivity index (χ1v) is 7.43. The topological polar surface area (TPSA) is 66.2 Å². The van der Waals surface area contributed by atoms with Crippen molar-refractivity contribution >= 4 is 16.9 Å². The van der Waals surface area contributed by atoms with Gasteiger partial charge in [0.25, 0.3) is 0 Å². The smallest absolute Gasteiger partial charge is 0.335 e. The van der Waals surface area contributed by atoms with Crippen LogP contribution in [0, 0.1) is 11.6 Å². The lowest BCUT2D eigenvalue weighted by Gasteiger charge is -1.99. The number of aromatic carboxylic acids is 1. The Morgan fingerprint density at radius 3 is 2.40 bits per heavy atom. The van der Waals surface area contributed by atoms with Crippen molar-refractivity contribution in [2.45, 2.75) is 0 Å². The van der Waals surface area contributed by atoms with Gasteiger partial charge in [-0.3, -0.25) is 0 Å². The highest BCUT2D eigenvalue weighted by molar-refractivity contribution is 5.88. The van der Waals surface area contributed by atoms with Crippen LogP contribution in [0.1, 0.15) is 10.4 Å². The maximum absolute atomic E-state index is 13.8. The zero-order valence-electron chi connectivity index (χ0n) is 12.7. The molecule has 124 valence electrons. The first-order valence-electron chi connectivity index (χ1n) is 7.43. The van der Waals surface area contributed by atoms with Crippen LogP contribution >= 0.6 is 0 Å². The molecule has 0 fully saturated rings. The average molecular weight is 339 g/mol. The number of carboxylic acid groups (broad SMARTS) is 1. The third kappa shape index (κ3) is 2.67. The summed E-state index contributed by atoms with van der Waals surface area (Å²) in [6.07, 6.45) is 0. The predicted molar refractivity (Wildman–Crippen MR) is 88.3 cm³/mol. The lowest BCUT2D eigenvalue weighted by atomic mass is 10.1. The molecule has 4 aromatic rings. The Balaban J connectivity index is 1.71. The van der Waals surface area contributed by atoms with Crippen molar-refractivity contribution in [1.82, 2.24) is 4.98 Å². The van der Waals surface area contributed by atoms with E-state index in [9.17, 15) is 13.6 Å². The van der Waals surface area contributed by atoms with Crippen LogP contribution in [-0.2, 0) is 0 Å². The van der Waals surface area contributed by atoms with Crippen LogP contribution in [0.4, 0.5) is 8.78 Å². The number of hydrogen-bond acceptors (Lipinski definition) is 2. The third-order valence-electron chi connectivity index (χ3n) is 3.93. The van der Waals surface area contributed by atoms with Crippen molar-refractivity contribution < 1.29 is 23.1 Å². The second-order valence-electron chi connectivity index (χ2n) is 5.58. The summed E-state index contributed by atoms with van der Waals surface area (Å²) < 4.78 is 32.5. The molecule has 0 amide bonds. The van der Waals surface area contributed by atoms with Gasteiger partial charge in [0.2, 0.25) is 0 Å². The molecular weight excluding hydrogens is 328 g/mol. The second-order valence-corrected chi connectivity index (χ2v) is 5.58. The molecule has 0 aliphatic rings. The fraction of sp³-hybridized carbons (Fsp3) is 0. The van der Waals surface area contributed by atoms with Crippen molar-refractivity contribution in [2.75, 3.05) is 0 Å². The molecule has 0 saturated carbocycles. The molecule has 0 bridgehead atoms. The summed E-state index contributed by atoms with van der Waals surface area (Å²) in [4.78, 5) is 14.0. The Morgan fingerprint density at radius 2 is 1.68 bits per heavy atom. The minimum absolute atomic E-state index is 0.00152. The van der Waals surface area contributed by atoms with E-state index in [-0.39, 0.29) is 11.1 Å². The van der Waals surface area contributed by atoms with Gasteiger partial charge >= 0.3 is 5.97 Å². The van der Waals surface area contributed by atoms with Crippen molar-refractivity contribution in [3.63, 3.8) is 0 Å². The lowest BCUT2D eigenvalue weighted by molar-refractivity contribution is 0.0697. The molecule has 2 heterocycles. The standard InChI is InChI=1S/C19H11F2NO3/c20-13-7-12-8-17(25-18(12)14(21)9-13)16-6-5-15(22-16)10-1-3-11(4-2-10)19(23)24/h1-9,22H,(H,23,24). The van der Waals surface area contributed by atoms with E-state index in [1.165, 1.54) is 18.2 Å². The fourth-order valence-corrected chi connectivity index (χ4v) is 2.71. The van der Waals surface area contributed by atoms with E-state index >= 15 is 0 Å². The van der Waals surface area contributed by atoms with E-state index < -0.39 is 17.6 Å². The van der Waals surface area contributed by atoms with E-state index in [2.05, 4.69) is 4.98 Å². The van der Waals surface area contributed by atoms with Gasteiger partial charge in [-0.1, -0.05) is 12.1 Å². The average Bonchev–Trinajstić information content (AvgIpc) is 3.21. The highest BCUT2D eigenvalue weighted by Crippen LogP contribution is 2.31. The number of halogens is 2. The summed E-state index contributed by atoms with van der Waals surface area (Å²) in [6, 6.07) is 13.5. The van der Waals surface area contributed by atoms with Crippen LogP contribution in [0.5, 0.6) is 0 Å². The van der Waals surface area contributed by atoms with Gasteiger partial charge < -0.3 is 14.5 Å². The van der Waals surface area contributed by atoms with E-state index in [0.29, 0.717) is 16.8 Å². The van der Waals surface area contributed by atoms with E-state index in [4.69, 9.17) is 9.52 Å². The first-order chi connectivity index (χ1) is 12.0. The van der Waals surface area contributed by atoms with Crippen molar-refractivity contribution in [2.24, 2.45) is 0 Å². The number of H-pyrrole nitrogens is 1. The van der Waals surface area contributed by atoms with Crippen LogP contribution in [0.25, 0.3) is 33.7 Å². The molecule has 0 saturated heterocycles. The second kappa shape index (κ2) is 5.59. The Hall–Kier alpha value is -3.41. The number of rotatable bonds is 3. The van der Waals surface area contributed by atoms with Crippen molar-refractivity contribution in [3.05, 3.63) is 71.8 Å². The zero-order valence-corrected chi connectivity index (χ0v) is 12.7. The molecule has 25 heavy (non-hydrogen) atoms. The van der Waals surface area contributed by atoms with Crippen LogP contribution in [0.3, 0.4) is 0 Å². The number of benzene rings is 2. The Kier molecular flexibility index (Phi) is 3.39. The largest absolute Gasteiger partial charge is 0.478 e. The normalized spacial score (nSPS) is 11.1. The molecule has 2 N–H and O–H groups in total. The molecule has 6 heteroatoms. The number of aromatic nitrogens is 1. The summed E-state index contributed by atoms with van der Waals surface area (Å²) in [5.74, 6) is -2.02. The molecule has 4 nitrogen and oxygen atoms in total. The highest BCUT2D eigenvalue weighted by Gasteiger charge is 2.13. The van der Waals surface area contributed by atoms with Gasteiger partial charge in [-0.15, -0.1) is 0 Å². The summed E-state index contributed by atoms with van der Waals surface area (Å²) in [5, 5.41) is 9.27. The summed E-state index contributed by atoms with van der Waals surface area (Å²) in [7, 11) is 0. The molecule has 0 unspecified atom stereocenters. The minimum atomic E-state index is -0.991. The number of nitrogens with one attached hydrogen (secondary N) is 1. The van der Waals surface area contributed by atoms with E-state index in [1.54, 1.807) is 30.3 Å². The van der Waals surface area contributed by atoms with Crippen LogP contribution in [0.15, 0.2) is 59.0 Å². The Morgan fingerprint density at radius 1 is 0.960 bits per heavy atom. The fourth-order valence-electron chi connectivity index (χ4n) is 2.71. The predicted octanol–water partition coefficient (Wildman–Crippen LogP) is 5.07. The van der Waals surface area contributed by atoms with Gasteiger partial charge in [0.15, 0.2) is 17.2 Å². The first kappa shape index (κ1) is 15.1. The highest BCUT2D eigenvalue weighted by atomic mass is 19.1. The molecule has 0 atom stereocenters. The number of hydrogen-bond donors (Lipinski definition) is 2. The van der Waals surface area contributed by atoms with E-state index in [0.717, 1.165) is 17.3 Å². The third-order valence-corrected chi connectivity index (χ3v) is 3.93. The molecule has 2 aromatic heterocycles. The molecule has 0 spiro atoms. The number of carbonyl (C=O) groups is 1. The monoisotopic (exact) mass is 339 g/mol. The minimum Gasteiger partial charge on any atom is -0.478 e. The summed E-state index contributed by atoms with van der Waals surface area (Å²) >= 11 is 0. The van der Waals surface area contributed by atoms with Crippen molar-refractivity contribution in [1.29, 1.82) is 0 Å². The van der Waals surface area contributed by atoms with Gasteiger partial charge in [0.1, 0.15) is 5.82 Å². The summed E-state index contributed by atoms with van der Waals surface area (Å²) in [6.45, 7) is 0. The Labute approximate surface area is 140 Å². The quantitative estimate of drug-likeness (QED) is 0.547. The van der Waals surface area contributed by atoms with Gasteiger partial charge in [-0.25, -0.2) is 13.6 Å². The number of fused-ring (bicyclic) bond motifs is 1. The molecular formula is C19H11F2NO3. The maximum Gasteiger partial charge on any atom is 0.335 e. The van der Waals surface area contributed by atoms with Gasteiger partial charge in [0.05, 0.1) is 11.3 Å². The molecule has 4 rings (SSSR count). The van der Waals surface area contributed by atoms with Crippen LogP contribution in [0.2, 0.25) is 0 Å². The van der Waals surface area contributed by atoms with E-state index in [1.807, 2.05) is 0 Å². The Bertz CT molecular complexity index is 1090. The maximum atomic E-state index is 13.8. The molecule has 0 aliphatic heterocycles. The summed E-state index contributed by atoms with van der Waals surface area (Å²) in [5.41, 5.74) is 2.35. The number of aromatic amines is 1. The lowest BCUT2D eigenvalue weighted by Crippen LogP contribution is -1.94. The van der Waals surface area contributed by atoms with Gasteiger partial charge in [-0.2, -0.15) is 0 Å². The molecule has 2 aromatic carbocycles. The number of carboxylic acids is 1. The number of furan rings is 1. The van der Waals surface area contributed by atoms with Gasteiger partial charge in [-0.05, 0) is 42.0 Å².